The fraction of sp³-hybridized carbons (Fsp3) is 0.769. The molecule has 6 rings (SSSR count). The Balaban J connectivity index is -0.000000784. The van der Waals surface area contributed by atoms with Crippen molar-refractivity contribution in [2.24, 2.45) is 82.5 Å². The molecule has 3 aliphatic rings. The molecule has 0 spiro atoms. The number of rotatable bonds is 52. The van der Waals surface area contributed by atoms with E-state index in [-0.39, 0.29) is 149 Å². The van der Waals surface area contributed by atoms with Crippen molar-refractivity contribution < 1.29 is 57.5 Å². The maximum absolute atomic E-state index is 12.4. The molecule has 2 saturated heterocycles. The van der Waals surface area contributed by atoms with Gasteiger partial charge in [0.2, 0.25) is 0 Å². The van der Waals surface area contributed by atoms with Gasteiger partial charge in [-0.05, 0) is 165 Å². The third-order valence-electron chi connectivity index (χ3n) is 25.2. The molecule has 2 fully saturated rings. The lowest BCUT2D eigenvalue weighted by Gasteiger charge is -2.28. The number of amides is 4. The van der Waals surface area contributed by atoms with Gasteiger partial charge >= 0.3 is 12.1 Å². The normalized spacial score (nSPS) is 15.7. The van der Waals surface area contributed by atoms with Crippen LogP contribution >= 0.6 is 0 Å². The van der Waals surface area contributed by atoms with E-state index in [1.165, 1.54) is 40.5 Å². The average Bonchev–Trinajstić information content (AvgIpc) is 1.66. The van der Waals surface area contributed by atoms with E-state index in [1.807, 2.05) is 226 Å². The van der Waals surface area contributed by atoms with Gasteiger partial charge < -0.3 is 69.6 Å². The number of primary amides is 2. The van der Waals surface area contributed by atoms with Crippen LogP contribution in [0.1, 0.15) is 393 Å². The van der Waals surface area contributed by atoms with Crippen molar-refractivity contribution in [2.75, 3.05) is 26.2 Å². The Bertz CT molecular complexity index is 4050. The number of fused-ring (bicyclic) bond motifs is 2. The molecule has 1 aliphatic carbocycles. The summed E-state index contributed by atoms with van der Waals surface area (Å²) in [4.78, 5) is 147. The summed E-state index contributed by atoms with van der Waals surface area (Å²) in [7, 11) is 0. The quantitative estimate of drug-likeness (QED) is 0.0233. The number of urea groups is 2. The highest BCUT2D eigenvalue weighted by Gasteiger charge is 2.36. The number of allylic oxidation sites excluding steroid dienone is 1. The second kappa shape index (κ2) is 78.7. The number of Topliss-reactive ketones (excluding diaryl/α,β-unsaturated/α-hetero) is 10. The highest BCUT2D eigenvalue weighted by atomic mass is 16.2. The zero-order valence-corrected chi connectivity index (χ0v) is 102. The van der Waals surface area contributed by atoms with Crippen molar-refractivity contribution in [1.82, 2.24) is 68.0 Å². The van der Waals surface area contributed by atoms with E-state index in [9.17, 15) is 57.5 Å². The monoisotopic (exact) mass is 2080 g/mol. The second-order valence-corrected chi connectivity index (χ2v) is 47.4. The number of nitrogens with two attached hydrogens (primary N) is 2. The van der Waals surface area contributed by atoms with E-state index in [0.717, 1.165) is 76.4 Å². The molecule has 4 amide bonds. The van der Waals surface area contributed by atoms with Crippen molar-refractivity contribution in [3.8, 4) is 0 Å². The molecule has 0 saturated carbocycles. The van der Waals surface area contributed by atoms with E-state index in [4.69, 9.17) is 11.5 Å². The molecule has 0 radical (unpaired) electrons. The molecule has 148 heavy (non-hydrogen) atoms. The Hall–Kier alpha value is -7.44. The minimum atomic E-state index is -0.520. The van der Waals surface area contributed by atoms with Gasteiger partial charge in [-0.25, -0.2) is 9.59 Å². The van der Waals surface area contributed by atoms with Crippen LogP contribution < -0.4 is 64.6 Å². The van der Waals surface area contributed by atoms with Gasteiger partial charge in [0.25, 0.3) is 0 Å². The van der Waals surface area contributed by atoms with E-state index in [1.54, 1.807) is 0 Å². The van der Waals surface area contributed by atoms with Crippen LogP contribution in [-0.2, 0) is 60.8 Å². The number of carbonyl (C=O) groups is 12. The molecule has 1 aromatic heterocycles. The van der Waals surface area contributed by atoms with Crippen molar-refractivity contribution in [3.05, 3.63) is 77.5 Å². The van der Waals surface area contributed by atoms with Crippen LogP contribution in [0.5, 0.6) is 0 Å². The topological polar surface area (TPSA) is 399 Å². The van der Waals surface area contributed by atoms with Crippen LogP contribution in [0.25, 0.3) is 16.5 Å². The van der Waals surface area contributed by atoms with Gasteiger partial charge in [-0.1, -0.05) is 325 Å². The standard InChI is InChI=1S/C18H25NO.C17H24N2O.2C12H25N3O2.2C11H21NO.2C11H23NO.2C9H19NO/c1-12(2)18(20)17(19-13(3)4)11-15-10-9-14-7-5-6-8-16(14)15;1-11(2)17(20)16(19-12(3)4)9-13-10-18-15-8-6-5-7-14(13)15;2*1-8(2)11(16)10(15-9(3)4)6-5-7-14-12(13)17;2*1-8(2)11(13)10-6-5-7-12(10)9(3)4;2*1-7(2)10(12-9(5)6)11(13)8(3)4;2*1-6(2)9(11)8(5)10-7(3)4/h5-8,10,12-13,17,19H,9,11H2,1-4H3;5-8,10-12,16,18-19H,9H2,1-4H3;2*8-10,15H,5-7H2,1-4H3,(H3,13,14,17);2*8-10H,5-7H2,1-4H3;2*7-10,12H,1-6H3;2*6-8,10H,1-5H3/t17-;16-;6*10-;2*8-/m0000100010/s1. The van der Waals surface area contributed by atoms with Gasteiger partial charge in [0, 0.05) is 150 Å². The fourth-order valence-corrected chi connectivity index (χ4v) is 17.6. The molecule has 856 valence electrons. The number of carbonyl (C=O) groups excluding carboxylic acids is 12. The lowest BCUT2D eigenvalue weighted by molar-refractivity contribution is -0.127. The summed E-state index contributed by atoms with van der Waals surface area (Å²) in [6.07, 6.45) is 14.2. The number of benzene rings is 2. The highest BCUT2D eigenvalue weighted by Crippen LogP contribution is 2.32. The summed E-state index contributed by atoms with van der Waals surface area (Å²) in [5.41, 5.74) is 16.3. The largest absolute Gasteiger partial charge is 0.361 e. The SMILES string of the molecule is CC(C)C(=O)[C@@H]1CCCN1C(C)C.CC(C)C(=O)[C@H]1CCCN1C(C)C.CC(C)N[C@@H](C)C(=O)C(C)C.CC(C)N[C@@H](CC1=CCc2ccccc21)C(=O)C(C)C.CC(C)N[C@@H](CCCNC(N)=O)C(=O)C(C)C.CC(C)N[C@@H](CCCNC(N)=O)C(=O)C(C)C.CC(C)N[C@@H](Cc1c[nH]c2ccccc12)C(=O)C(C)C.CC(C)N[C@H](C(=O)C(C)C)C(C)C.CC(C)N[C@H](C(=O)C(C)C)C(C)C.CC(C)N[C@H](C)C(=O)C(C)C. The van der Waals surface area contributed by atoms with Gasteiger partial charge in [0.15, 0.2) is 57.8 Å². The first-order valence-corrected chi connectivity index (χ1v) is 56.7. The van der Waals surface area contributed by atoms with E-state index in [0.29, 0.717) is 114 Å². The first-order valence-electron chi connectivity index (χ1n) is 56.7. The molecule has 27 nitrogen and oxygen atoms in total. The van der Waals surface area contributed by atoms with Crippen LogP contribution in [0.15, 0.2) is 60.8 Å². The van der Waals surface area contributed by atoms with Crippen LogP contribution in [0, 0.1) is 71.0 Å². The summed E-state index contributed by atoms with van der Waals surface area (Å²) in [5, 5.41) is 32.6. The molecule has 27 heteroatoms. The molecule has 0 bridgehead atoms. The lowest BCUT2D eigenvalue weighted by atomic mass is 9.92. The summed E-state index contributed by atoms with van der Waals surface area (Å²) in [6, 6.07) is 19.3. The van der Waals surface area contributed by atoms with Crippen molar-refractivity contribution in [2.45, 2.75) is 510 Å². The number of H-pyrrole nitrogens is 1. The van der Waals surface area contributed by atoms with Gasteiger partial charge in [-0.15, -0.1) is 0 Å². The number of nitrogens with one attached hydrogen (secondary N) is 11. The van der Waals surface area contributed by atoms with E-state index < -0.39 is 12.1 Å². The van der Waals surface area contributed by atoms with E-state index in [2.05, 4.69) is 221 Å². The molecular weight excluding hydrogens is 1860 g/mol. The lowest BCUT2D eigenvalue weighted by Crippen LogP contribution is -2.46. The summed E-state index contributed by atoms with van der Waals surface area (Å²) < 4.78 is 0. The number of likely N-dealkylation sites (tertiary alicyclic amines) is 2. The Morgan fingerprint density at radius 3 is 0.912 bits per heavy atom. The summed E-state index contributed by atoms with van der Waals surface area (Å²) in [5.74, 6) is 4.91. The molecule has 2 aromatic carbocycles. The second-order valence-electron chi connectivity index (χ2n) is 47.4. The van der Waals surface area contributed by atoms with Crippen molar-refractivity contribution in [1.29, 1.82) is 0 Å². The van der Waals surface area contributed by atoms with E-state index >= 15 is 0 Å². The van der Waals surface area contributed by atoms with Crippen molar-refractivity contribution >= 4 is 86.4 Å². The average molecular weight is 2080 g/mol. The van der Waals surface area contributed by atoms with Gasteiger partial charge in [-0.2, -0.15) is 0 Å². The smallest absolute Gasteiger partial charge is 0.312 e. The molecule has 0 unspecified atom stereocenters. The number of ketones is 10. The number of hydrogen-bond donors (Lipinski definition) is 13. The van der Waals surface area contributed by atoms with Crippen molar-refractivity contribution in [3.63, 3.8) is 0 Å². The minimum Gasteiger partial charge on any atom is -0.361 e. The maximum Gasteiger partial charge on any atom is 0.312 e. The Labute approximate surface area is 902 Å². The predicted octanol–water partition coefficient (Wildman–Crippen LogP) is 20.8. The third kappa shape index (κ3) is 63.9. The number of hydrogen-bond acceptors (Lipinski definition) is 22. The van der Waals surface area contributed by atoms with Crippen LogP contribution in [0.3, 0.4) is 0 Å². The molecule has 3 aromatic rings. The summed E-state index contributed by atoms with van der Waals surface area (Å²) in [6.45, 7) is 96.0. The Morgan fingerprint density at radius 1 is 0.331 bits per heavy atom. The van der Waals surface area contributed by atoms with Gasteiger partial charge in [0.1, 0.15) is 0 Å². The van der Waals surface area contributed by atoms with Gasteiger partial charge in [-0.3, -0.25) is 57.7 Å². The predicted molar refractivity (Wildman–Crippen MR) is 624 cm³/mol. The minimum absolute atomic E-state index is 0.00463. The third-order valence-corrected chi connectivity index (χ3v) is 25.2. The summed E-state index contributed by atoms with van der Waals surface area (Å²) >= 11 is 0. The molecule has 3 heterocycles. The first-order chi connectivity index (χ1) is 68.3. The number of aromatic nitrogens is 1. The molecule has 10 atom stereocenters. The molecule has 15 N–H and O–H groups in total. The highest BCUT2D eigenvalue weighted by molar-refractivity contribution is 5.92. The molecular formula is C121H225N15O12. The maximum atomic E-state index is 12.4. The van der Waals surface area contributed by atoms with Crippen LogP contribution in [-0.4, -0.2) is 232 Å². The zero-order valence-electron chi connectivity index (χ0n) is 102. The van der Waals surface area contributed by atoms with Crippen LogP contribution in [0.4, 0.5) is 9.59 Å². The zero-order chi connectivity index (χ0) is 115. The van der Waals surface area contributed by atoms with Gasteiger partial charge in [0.05, 0.1) is 60.4 Å². The number of nitrogens with zero attached hydrogens (tertiary/aromatic N) is 2. The first kappa shape index (κ1) is 147. The van der Waals surface area contributed by atoms with Crippen LogP contribution in [0.2, 0.25) is 0 Å². The Kier molecular flexibility index (Phi) is 78.0. The number of aromatic amines is 1. The Morgan fingerprint density at radius 2 is 0.622 bits per heavy atom. The molecule has 2 aliphatic heterocycles. The number of para-hydroxylation sites is 1. The fourth-order valence-electron chi connectivity index (χ4n) is 17.6.